The number of epoxide rings is 1. The van der Waals surface area contributed by atoms with E-state index in [1.165, 1.54) is 19.2 Å². The first kappa shape index (κ1) is 8.96. The Labute approximate surface area is 80.4 Å². The third-order valence-corrected chi connectivity index (χ3v) is 2.11. The molecule has 0 saturated carbocycles. The minimum absolute atomic E-state index is 0.0336. The first-order valence-electron chi connectivity index (χ1n) is 4.16. The lowest BCUT2D eigenvalue weighted by atomic mass is 10.1. The average molecular weight is 195 g/mol. The predicted octanol–water partition coefficient (Wildman–Crippen LogP) is 1.67. The Morgan fingerprint density at radius 3 is 2.86 bits per heavy atom. The fraction of sp³-hybridized carbons (Fsp3) is 0.333. The molecule has 0 spiro atoms. The van der Waals surface area contributed by atoms with Crippen molar-refractivity contribution in [2.24, 2.45) is 0 Å². The van der Waals surface area contributed by atoms with Gasteiger partial charge in [-0.3, -0.25) is 10.1 Å². The van der Waals surface area contributed by atoms with Gasteiger partial charge in [0.1, 0.15) is 11.9 Å². The summed E-state index contributed by atoms with van der Waals surface area (Å²) >= 11 is 0. The minimum Gasteiger partial charge on any atom is -0.496 e. The van der Waals surface area contributed by atoms with Crippen LogP contribution in [0.1, 0.15) is 11.7 Å². The van der Waals surface area contributed by atoms with E-state index in [2.05, 4.69) is 0 Å². The number of benzene rings is 1. The lowest BCUT2D eigenvalue weighted by Gasteiger charge is -2.04. The molecule has 2 rings (SSSR count). The number of nitrogens with zero attached hydrogens (tertiary/aromatic N) is 1. The summed E-state index contributed by atoms with van der Waals surface area (Å²) in [5.41, 5.74) is 0.907. The number of nitro benzene ring substituents is 1. The van der Waals surface area contributed by atoms with Gasteiger partial charge in [0, 0.05) is 11.6 Å². The third kappa shape index (κ3) is 1.54. The second-order valence-electron chi connectivity index (χ2n) is 3.01. The maximum Gasteiger partial charge on any atom is 0.273 e. The van der Waals surface area contributed by atoms with Gasteiger partial charge >= 0.3 is 0 Å². The van der Waals surface area contributed by atoms with E-state index in [4.69, 9.17) is 9.47 Å². The van der Waals surface area contributed by atoms with E-state index >= 15 is 0 Å². The number of hydrogen-bond donors (Lipinski definition) is 0. The molecule has 74 valence electrons. The van der Waals surface area contributed by atoms with Gasteiger partial charge in [-0.1, -0.05) is 0 Å². The van der Waals surface area contributed by atoms with Crippen LogP contribution in [0.2, 0.25) is 0 Å². The Kier molecular flexibility index (Phi) is 2.09. The Morgan fingerprint density at radius 2 is 2.36 bits per heavy atom. The number of ether oxygens (including phenoxy) is 2. The molecule has 1 aromatic rings. The highest BCUT2D eigenvalue weighted by atomic mass is 16.6. The fourth-order valence-corrected chi connectivity index (χ4v) is 1.31. The van der Waals surface area contributed by atoms with E-state index < -0.39 is 4.92 Å². The molecular weight excluding hydrogens is 186 g/mol. The van der Waals surface area contributed by atoms with Gasteiger partial charge in [-0.2, -0.15) is 0 Å². The van der Waals surface area contributed by atoms with E-state index in [1.54, 1.807) is 6.07 Å². The molecule has 5 heteroatoms. The normalized spacial score (nSPS) is 19.1. The van der Waals surface area contributed by atoms with E-state index in [1.807, 2.05) is 0 Å². The summed E-state index contributed by atoms with van der Waals surface area (Å²) in [6, 6.07) is 4.55. The van der Waals surface area contributed by atoms with Gasteiger partial charge in [0.2, 0.25) is 0 Å². The Balaban J connectivity index is 2.38. The lowest BCUT2D eigenvalue weighted by molar-refractivity contribution is -0.384. The molecule has 0 radical (unpaired) electrons. The second kappa shape index (κ2) is 3.26. The van der Waals surface area contributed by atoms with Crippen molar-refractivity contribution in [1.29, 1.82) is 0 Å². The van der Waals surface area contributed by atoms with Crippen LogP contribution in [-0.4, -0.2) is 18.6 Å². The molecule has 1 aliphatic rings. The molecule has 1 heterocycles. The van der Waals surface area contributed by atoms with Gasteiger partial charge in [-0.05, 0) is 6.07 Å². The van der Waals surface area contributed by atoms with Crippen LogP contribution in [0, 0.1) is 10.1 Å². The molecule has 1 aliphatic heterocycles. The summed E-state index contributed by atoms with van der Waals surface area (Å²) < 4.78 is 10.1. The number of nitro groups is 1. The van der Waals surface area contributed by atoms with E-state index in [9.17, 15) is 10.1 Å². The van der Waals surface area contributed by atoms with Crippen LogP contribution >= 0.6 is 0 Å². The van der Waals surface area contributed by atoms with Crippen molar-refractivity contribution in [3.8, 4) is 5.75 Å². The Bertz CT molecular complexity index is 373. The number of rotatable bonds is 3. The van der Waals surface area contributed by atoms with Crippen molar-refractivity contribution in [2.45, 2.75) is 6.10 Å². The van der Waals surface area contributed by atoms with Crippen LogP contribution in [0.25, 0.3) is 0 Å². The zero-order valence-electron chi connectivity index (χ0n) is 7.60. The van der Waals surface area contributed by atoms with Gasteiger partial charge in [0.25, 0.3) is 5.69 Å². The highest BCUT2D eigenvalue weighted by molar-refractivity contribution is 5.46. The number of hydrogen-bond acceptors (Lipinski definition) is 4. The highest BCUT2D eigenvalue weighted by Gasteiger charge is 2.29. The SMILES string of the molecule is COc1cc([N+](=O)[O-])ccc1[C@H]1CO1. The molecule has 0 aliphatic carbocycles. The van der Waals surface area contributed by atoms with Gasteiger partial charge in [-0.25, -0.2) is 0 Å². The zero-order chi connectivity index (χ0) is 10.1. The molecule has 0 amide bonds. The summed E-state index contributed by atoms with van der Waals surface area (Å²) in [4.78, 5) is 10.0. The van der Waals surface area contributed by atoms with Crippen molar-refractivity contribution < 1.29 is 14.4 Å². The zero-order valence-corrected chi connectivity index (χ0v) is 7.60. The Morgan fingerprint density at radius 1 is 1.64 bits per heavy atom. The summed E-state index contributed by atoms with van der Waals surface area (Å²) in [7, 11) is 1.49. The molecule has 0 unspecified atom stereocenters. The van der Waals surface area contributed by atoms with Gasteiger partial charge in [0.15, 0.2) is 0 Å². The average Bonchev–Trinajstić information content (AvgIpc) is 3.00. The predicted molar refractivity (Wildman–Crippen MR) is 48.3 cm³/mol. The molecular formula is C9H9NO4. The van der Waals surface area contributed by atoms with Crippen LogP contribution in [0.15, 0.2) is 18.2 Å². The van der Waals surface area contributed by atoms with Crippen molar-refractivity contribution in [2.75, 3.05) is 13.7 Å². The van der Waals surface area contributed by atoms with Crippen LogP contribution in [-0.2, 0) is 4.74 Å². The summed E-state index contributed by atoms with van der Waals surface area (Å²) in [5, 5.41) is 10.5. The lowest BCUT2D eigenvalue weighted by Crippen LogP contribution is -1.94. The number of non-ortho nitro benzene ring substituents is 1. The third-order valence-electron chi connectivity index (χ3n) is 2.11. The molecule has 0 bridgehead atoms. The summed E-state index contributed by atoms with van der Waals surface area (Å²) in [6.07, 6.45) is 0.0470. The monoisotopic (exact) mass is 195 g/mol. The molecule has 14 heavy (non-hydrogen) atoms. The van der Waals surface area contributed by atoms with Gasteiger partial charge in [0.05, 0.1) is 24.7 Å². The van der Waals surface area contributed by atoms with Crippen molar-refractivity contribution in [3.05, 3.63) is 33.9 Å². The summed E-state index contributed by atoms with van der Waals surface area (Å²) in [5.74, 6) is 0.515. The van der Waals surface area contributed by atoms with E-state index in [0.717, 1.165) is 5.56 Å². The Hall–Kier alpha value is -1.62. The van der Waals surface area contributed by atoms with Crippen LogP contribution in [0.5, 0.6) is 5.75 Å². The molecule has 0 aromatic heterocycles. The van der Waals surface area contributed by atoms with Crippen LogP contribution in [0.4, 0.5) is 5.69 Å². The molecule has 1 atom stereocenters. The van der Waals surface area contributed by atoms with Gasteiger partial charge in [-0.15, -0.1) is 0 Å². The van der Waals surface area contributed by atoms with Crippen LogP contribution < -0.4 is 4.74 Å². The quantitative estimate of drug-likeness (QED) is 0.418. The smallest absolute Gasteiger partial charge is 0.273 e. The van der Waals surface area contributed by atoms with Gasteiger partial charge < -0.3 is 9.47 Å². The second-order valence-corrected chi connectivity index (χ2v) is 3.01. The molecule has 1 aromatic carbocycles. The number of methoxy groups -OCH3 is 1. The van der Waals surface area contributed by atoms with Crippen molar-refractivity contribution in [1.82, 2.24) is 0 Å². The molecule has 0 N–H and O–H groups in total. The minimum atomic E-state index is -0.444. The molecule has 5 nitrogen and oxygen atoms in total. The molecule has 1 saturated heterocycles. The first-order valence-corrected chi connectivity index (χ1v) is 4.16. The molecule has 1 fully saturated rings. The van der Waals surface area contributed by atoms with Crippen molar-refractivity contribution in [3.63, 3.8) is 0 Å². The topological polar surface area (TPSA) is 64.9 Å². The highest BCUT2D eigenvalue weighted by Crippen LogP contribution is 2.37. The van der Waals surface area contributed by atoms with E-state index in [-0.39, 0.29) is 11.8 Å². The summed E-state index contributed by atoms with van der Waals surface area (Å²) in [6.45, 7) is 0.661. The maximum absolute atomic E-state index is 10.5. The standard InChI is InChI=1S/C9H9NO4/c1-13-8-4-6(10(11)12)2-3-7(8)9-5-14-9/h2-4,9H,5H2,1H3/t9-/m1/s1. The van der Waals surface area contributed by atoms with Crippen LogP contribution in [0.3, 0.4) is 0 Å². The van der Waals surface area contributed by atoms with E-state index in [0.29, 0.717) is 12.4 Å². The maximum atomic E-state index is 10.5. The largest absolute Gasteiger partial charge is 0.496 e. The first-order chi connectivity index (χ1) is 6.72. The van der Waals surface area contributed by atoms with Crippen molar-refractivity contribution >= 4 is 5.69 Å². The fourth-order valence-electron chi connectivity index (χ4n) is 1.31.